The van der Waals surface area contributed by atoms with Gasteiger partial charge in [0.25, 0.3) is 0 Å². The van der Waals surface area contributed by atoms with E-state index in [1.54, 1.807) is 18.5 Å². The average molecular weight is 294 g/mol. The molecule has 0 amide bonds. The van der Waals surface area contributed by atoms with Gasteiger partial charge in [-0.2, -0.15) is 5.10 Å². The second kappa shape index (κ2) is 5.83. The van der Waals surface area contributed by atoms with E-state index >= 15 is 0 Å². The molecule has 0 atom stereocenters. The molecule has 0 aromatic carbocycles. The SMILES string of the molecule is CC(=O)C1CCN(c2c([N+](=O)[O-])c(C)nn2C(C)C)CC1. The molecule has 1 aliphatic rings. The first-order chi connectivity index (χ1) is 9.82. The lowest BCUT2D eigenvalue weighted by Crippen LogP contribution is -2.37. The van der Waals surface area contributed by atoms with Crippen molar-refractivity contribution >= 4 is 17.3 Å². The Hall–Kier alpha value is -1.92. The van der Waals surface area contributed by atoms with Crippen LogP contribution in [-0.2, 0) is 4.79 Å². The molecule has 1 aliphatic heterocycles. The molecule has 0 radical (unpaired) electrons. The van der Waals surface area contributed by atoms with Crippen molar-refractivity contribution in [1.29, 1.82) is 0 Å². The zero-order chi connectivity index (χ0) is 15.7. The van der Waals surface area contributed by atoms with Gasteiger partial charge in [0.1, 0.15) is 11.5 Å². The maximum atomic E-state index is 11.5. The molecule has 2 heterocycles. The number of rotatable bonds is 4. The fraction of sp³-hybridized carbons (Fsp3) is 0.714. The molecule has 0 saturated carbocycles. The zero-order valence-electron chi connectivity index (χ0n) is 13.0. The lowest BCUT2D eigenvalue weighted by molar-refractivity contribution is -0.384. The van der Waals surface area contributed by atoms with Crippen LogP contribution in [-0.4, -0.2) is 33.6 Å². The molecule has 0 aliphatic carbocycles. The number of carbonyl (C=O) groups excluding carboxylic acids is 1. The molecule has 1 aromatic heterocycles. The first-order valence-electron chi connectivity index (χ1n) is 7.31. The van der Waals surface area contributed by atoms with Gasteiger partial charge >= 0.3 is 5.69 Å². The van der Waals surface area contributed by atoms with E-state index in [2.05, 4.69) is 5.10 Å². The fourth-order valence-corrected chi connectivity index (χ4v) is 2.89. The van der Waals surface area contributed by atoms with Crippen molar-refractivity contribution < 1.29 is 9.72 Å². The van der Waals surface area contributed by atoms with Crippen molar-refractivity contribution in [2.75, 3.05) is 18.0 Å². The van der Waals surface area contributed by atoms with E-state index in [9.17, 15) is 14.9 Å². The van der Waals surface area contributed by atoms with E-state index in [4.69, 9.17) is 0 Å². The van der Waals surface area contributed by atoms with Gasteiger partial charge in [-0.25, -0.2) is 4.68 Å². The van der Waals surface area contributed by atoms with Crippen LogP contribution >= 0.6 is 0 Å². The molecule has 2 rings (SSSR count). The Labute approximate surface area is 124 Å². The lowest BCUT2D eigenvalue weighted by Gasteiger charge is -2.32. The minimum atomic E-state index is -0.354. The number of hydrogen-bond acceptors (Lipinski definition) is 5. The normalized spacial score (nSPS) is 16.5. The van der Waals surface area contributed by atoms with Gasteiger partial charge in [0.2, 0.25) is 5.82 Å². The molecule has 116 valence electrons. The summed E-state index contributed by atoms with van der Waals surface area (Å²) in [5.41, 5.74) is 0.530. The quantitative estimate of drug-likeness (QED) is 0.629. The average Bonchev–Trinajstić information content (AvgIpc) is 2.76. The second-order valence-electron chi connectivity index (χ2n) is 5.93. The van der Waals surface area contributed by atoms with E-state index in [-0.39, 0.29) is 28.4 Å². The molecule has 1 saturated heterocycles. The maximum Gasteiger partial charge on any atom is 0.333 e. The van der Waals surface area contributed by atoms with Gasteiger partial charge in [0, 0.05) is 25.0 Å². The van der Waals surface area contributed by atoms with Crippen LogP contribution in [0.2, 0.25) is 0 Å². The van der Waals surface area contributed by atoms with Crippen LogP contribution in [0.4, 0.5) is 11.5 Å². The summed E-state index contributed by atoms with van der Waals surface area (Å²) < 4.78 is 1.72. The van der Waals surface area contributed by atoms with Crippen LogP contribution < -0.4 is 4.90 Å². The number of anilines is 1. The maximum absolute atomic E-state index is 11.5. The predicted molar refractivity (Wildman–Crippen MR) is 79.6 cm³/mol. The van der Waals surface area contributed by atoms with Gasteiger partial charge < -0.3 is 4.90 Å². The van der Waals surface area contributed by atoms with Crippen LogP contribution in [0.15, 0.2) is 0 Å². The summed E-state index contributed by atoms with van der Waals surface area (Å²) in [7, 11) is 0. The molecule has 0 N–H and O–H groups in total. The predicted octanol–water partition coefficient (Wildman–Crippen LogP) is 2.49. The monoisotopic (exact) mass is 294 g/mol. The van der Waals surface area contributed by atoms with Crippen LogP contribution in [0.1, 0.15) is 45.3 Å². The molecule has 7 heteroatoms. The van der Waals surface area contributed by atoms with E-state index in [1.807, 2.05) is 18.7 Å². The zero-order valence-corrected chi connectivity index (χ0v) is 13.0. The van der Waals surface area contributed by atoms with Crippen molar-refractivity contribution in [2.24, 2.45) is 5.92 Å². The smallest absolute Gasteiger partial charge is 0.333 e. The molecule has 1 fully saturated rings. The highest BCUT2D eigenvalue weighted by Gasteiger charge is 2.33. The van der Waals surface area contributed by atoms with Gasteiger partial charge in [-0.3, -0.25) is 14.9 Å². The van der Waals surface area contributed by atoms with Gasteiger partial charge in [0.05, 0.1) is 4.92 Å². The number of hydrogen-bond donors (Lipinski definition) is 0. The highest BCUT2D eigenvalue weighted by Crippen LogP contribution is 2.36. The molecular formula is C14H22N4O3. The number of nitrogens with zero attached hydrogens (tertiary/aromatic N) is 4. The Morgan fingerprint density at radius 1 is 1.38 bits per heavy atom. The van der Waals surface area contributed by atoms with E-state index in [0.717, 1.165) is 12.8 Å². The van der Waals surface area contributed by atoms with Crippen LogP contribution in [0, 0.1) is 23.0 Å². The Kier molecular flexibility index (Phi) is 4.29. The van der Waals surface area contributed by atoms with Crippen molar-refractivity contribution in [1.82, 2.24) is 9.78 Å². The third-order valence-electron chi connectivity index (χ3n) is 4.07. The van der Waals surface area contributed by atoms with Crippen molar-refractivity contribution in [3.8, 4) is 0 Å². The standard InChI is InChI=1S/C14H22N4O3/c1-9(2)17-14(13(18(20)21)10(3)15-17)16-7-5-12(6-8-16)11(4)19/h9,12H,5-8H2,1-4H3. The summed E-state index contributed by atoms with van der Waals surface area (Å²) in [5, 5.41) is 15.7. The first-order valence-corrected chi connectivity index (χ1v) is 7.31. The van der Waals surface area contributed by atoms with Gasteiger partial charge in [-0.15, -0.1) is 0 Å². The molecule has 1 aromatic rings. The van der Waals surface area contributed by atoms with Crippen molar-refractivity contribution in [3.05, 3.63) is 15.8 Å². The first kappa shape index (κ1) is 15.5. The van der Waals surface area contributed by atoms with E-state index < -0.39 is 0 Å². The topological polar surface area (TPSA) is 81.3 Å². The number of piperidine rings is 1. The number of ketones is 1. The van der Waals surface area contributed by atoms with Gasteiger partial charge in [-0.05, 0) is 40.5 Å². The summed E-state index contributed by atoms with van der Waals surface area (Å²) in [5.74, 6) is 0.865. The van der Waals surface area contributed by atoms with Crippen molar-refractivity contribution in [2.45, 2.75) is 46.6 Å². The van der Waals surface area contributed by atoms with Crippen LogP contribution in [0.5, 0.6) is 0 Å². The summed E-state index contributed by atoms with van der Waals surface area (Å²) in [4.78, 5) is 24.5. The molecule has 0 spiro atoms. The number of nitro groups is 1. The third kappa shape index (κ3) is 2.91. The summed E-state index contributed by atoms with van der Waals surface area (Å²) >= 11 is 0. The number of Topliss-reactive ketones (excluding diaryl/α,β-unsaturated/α-hetero) is 1. The number of aromatic nitrogens is 2. The van der Waals surface area contributed by atoms with Crippen LogP contribution in [0.25, 0.3) is 0 Å². The highest BCUT2D eigenvalue weighted by atomic mass is 16.6. The molecule has 7 nitrogen and oxygen atoms in total. The Bertz CT molecular complexity index is 557. The summed E-state index contributed by atoms with van der Waals surface area (Å²) in [6, 6.07) is 0.0536. The summed E-state index contributed by atoms with van der Waals surface area (Å²) in [6.45, 7) is 8.52. The van der Waals surface area contributed by atoms with E-state index in [1.165, 1.54) is 0 Å². The fourth-order valence-electron chi connectivity index (χ4n) is 2.89. The van der Waals surface area contributed by atoms with E-state index in [0.29, 0.717) is 24.6 Å². The lowest BCUT2D eigenvalue weighted by atomic mass is 9.93. The summed E-state index contributed by atoms with van der Waals surface area (Å²) in [6.07, 6.45) is 1.49. The molecule has 0 bridgehead atoms. The number of aryl methyl sites for hydroxylation is 1. The number of carbonyl (C=O) groups is 1. The van der Waals surface area contributed by atoms with Gasteiger partial charge in [0.15, 0.2) is 0 Å². The minimum absolute atomic E-state index is 0.0536. The van der Waals surface area contributed by atoms with Crippen LogP contribution in [0.3, 0.4) is 0 Å². The minimum Gasteiger partial charge on any atom is -0.351 e. The Morgan fingerprint density at radius 3 is 2.38 bits per heavy atom. The third-order valence-corrected chi connectivity index (χ3v) is 4.07. The molecule has 21 heavy (non-hydrogen) atoms. The molecule has 0 unspecified atom stereocenters. The Balaban J connectivity index is 2.35. The van der Waals surface area contributed by atoms with Gasteiger partial charge in [-0.1, -0.05) is 0 Å². The largest absolute Gasteiger partial charge is 0.351 e. The highest BCUT2D eigenvalue weighted by molar-refractivity contribution is 5.78. The Morgan fingerprint density at radius 2 is 1.95 bits per heavy atom. The van der Waals surface area contributed by atoms with Crippen molar-refractivity contribution in [3.63, 3.8) is 0 Å². The molecular weight excluding hydrogens is 272 g/mol. The second-order valence-corrected chi connectivity index (χ2v) is 5.93.